The molecule has 2 aliphatic rings. The summed E-state index contributed by atoms with van der Waals surface area (Å²) in [6.45, 7) is 5.15. The predicted octanol–water partition coefficient (Wildman–Crippen LogP) is 1.04. The molecule has 28 heavy (non-hydrogen) atoms. The summed E-state index contributed by atoms with van der Waals surface area (Å²) in [4.78, 5) is 21.3. The number of pyridine rings is 1. The van der Waals surface area contributed by atoms with Crippen LogP contribution in [-0.4, -0.2) is 68.9 Å². The summed E-state index contributed by atoms with van der Waals surface area (Å²) in [5.41, 5.74) is 1.28. The Morgan fingerprint density at radius 3 is 2.64 bits per heavy atom. The standard InChI is InChI=1S/C19H21N7O2/c1-12-21-22-16-5-6-17(23-26(12)16)24-8-13-10-25(11-14(13)9-24)19(27)15-4-3-7-20-18(15)28-2/h3-7,13-14H,8-11H2,1-2H3. The van der Waals surface area contributed by atoms with Gasteiger partial charge in [-0.05, 0) is 31.2 Å². The fourth-order valence-electron chi connectivity index (χ4n) is 4.29. The van der Waals surface area contributed by atoms with Crippen LogP contribution in [0.25, 0.3) is 5.65 Å². The number of hydrogen-bond acceptors (Lipinski definition) is 7. The van der Waals surface area contributed by atoms with Crippen molar-refractivity contribution in [3.05, 3.63) is 41.9 Å². The van der Waals surface area contributed by atoms with E-state index in [1.807, 2.05) is 24.0 Å². The van der Waals surface area contributed by atoms with Crippen LogP contribution in [0.5, 0.6) is 5.88 Å². The number of hydrogen-bond donors (Lipinski definition) is 0. The van der Waals surface area contributed by atoms with Crippen LogP contribution < -0.4 is 9.64 Å². The number of methoxy groups -OCH3 is 1. The van der Waals surface area contributed by atoms with E-state index >= 15 is 0 Å². The van der Waals surface area contributed by atoms with Gasteiger partial charge in [0.05, 0.1) is 7.11 Å². The monoisotopic (exact) mass is 379 g/mol. The first-order chi connectivity index (χ1) is 13.6. The van der Waals surface area contributed by atoms with Crippen LogP contribution in [0.1, 0.15) is 16.2 Å². The number of anilines is 1. The second kappa shape index (κ2) is 6.43. The maximum Gasteiger partial charge on any atom is 0.259 e. The summed E-state index contributed by atoms with van der Waals surface area (Å²) < 4.78 is 7.02. The molecule has 0 aliphatic carbocycles. The Morgan fingerprint density at radius 2 is 1.89 bits per heavy atom. The quantitative estimate of drug-likeness (QED) is 0.672. The minimum atomic E-state index is -0.00874. The highest BCUT2D eigenvalue weighted by molar-refractivity contribution is 5.96. The third-order valence-electron chi connectivity index (χ3n) is 5.70. The van der Waals surface area contributed by atoms with Crippen molar-refractivity contribution in [2.45, 2.75) is 6.92 Å². The molecular formula is C19H21N7O2. The molecule has 2 unspecified atom stereocenters. The molecule has 9 nitrogen and oxygen atoms in total. The van der Waals surface area contributed by atoms with Gasteiger partial charge in [0.25, 0.3) is 5.91 Å². The number of rotatable bonds is 3. The van der Waals surface area contributed by atoms with Crippen LogP contribution >= 0.6 is 0 Å². The van der Waals surface area contributed by atoms with Gasteiger partial charge in [0.15, 0.2) is 11.5 Å². The van der Waals surface area contributed by atoms with Crippen molar-refractivity contribution in [1.29, 1.82) is 0 Å². The van der Waals surface area contributed by atoms with Crippen LogP contribution in [0.4, 0.5) is 5.82 Å². The maximum atomic E-state index is 12.9. The van der Waals surface area contributed by atoms with Gasteiger partial charge in [-0.2, -0.15) is 4.52 Å². The zero-order chi connectivity index (χ0) is 19.3. The van der Waals surface area contributed by atoms with Crippen LogP contribution in [0.15, 0.2) is 30.5 Å². The van der Waals surface area contributed by atoms with Crippen molar-refractivity contribution < 1.29 is 9.53 Å². The van der Waals surface area contributed by atoms with E-state index < -0.39 is 0 Å². The van der Waals surface area contributed by atoms with E-state index in [0.29, 0.717) is 23.3 Å². The summed E-state index contributed by atoms with van der Waals surface area (Å²) in [5.74, 6) is 2.95. The molecule has 3 aromatic rings. The number of amides is 1. The Hall–Kier alpha value is -3.23. The second-order valence-corrected chi connectivity index (χ2v) is 7.40. The second-order valence-electron chi connectivity index (χ2n) is 7.40. The third kappa shape index (κ3) is 2.65. The molecule has 3 aromatic heterocycles. The summed E-state index contributed by atoms with van der Waals surface area (Å²) in [7, 11) is 1.54. The number of carbonyl (C=O) groups is 1. The lowest BCUT2D eigenvalue weighted by atomic mass is 10.0. The first-order valence-corrected chi connectivity index (χ1v) is 9.36. The highest BCUT2D eigenvalue weighted by atomic mass is 16.5. The van der Waals surface area contributed by atoms with E-state index in [9.17, 15) is 4.79 Å². The fraction of sp³-hybridized carbons (Fsp3) is 0.421. The maximum absolute atomic E-state index is 12.9. The SMILES string of the molecule is COc1ncccc1C(=O)N1CC2CN(c3ccc4nnc(C)n4n3)CC2C1. The molecule has 0 N–H and O–H groups in total. The summed E-state index contributed by atoms with van der Waals surface area (Å²) in [5, 5.41) is 12.8. The first kappa shape index (κ1) is 16.9. The Morgan fingerprint density at radius 1 is 1.11 bits per heavy atom. The number of ether oxygens (including phenoxy) is 1. The fourth-order valence-corrected chi connectivity index (χ4v) is 4.29. The van der Waals surface area contributed by atoms with Gasteiger partial charge >= 0.3 is 0 Å². The molecule has 9 heteroatoms. The molecule has 0 spiro atoms. The van der Waals surface area contributed by atoms with Crippen molar-refractivity contribution in [3.8, 4) is 5.88 Å². The number of aryl methyl sites for hydroxylation is 1. The van der Waals surface area contributed by atoms with Crippen molar-refractivity contribution in [1.82, 2.24) is 29.7 Å². The van der Waals surface area contributed by atoms with Crippen molar-refractivity contribution in [3.63, 3.8) is 0 Å². The molecule has 2 fully saturated rings. The van der Waals surface area contributed by atoms with E-state index in [-0.39, 0.29) is 5.91 Å². The van der Waals surface area contributed by atoms with Gasteiger partial charge < -0.3 is 14.5 Å². The molecule has 2 atom stereocenters. The number of aromatic nitrogens is 5. The number of fused-ring (bicyclic) bond motifs is 2. The Bertz CT molecular complexity index is 1040. The highest BCUT2D eigenvalue weighted by Gasteiger charge is 2.42. The van der Waals surface area contributed by atoms with Crippen LogP contribution in [0.3, 0.4) is 0 Å². The zero-order valence-electron chi connectivity index (χ0n) is 15.8. The van der Waals surface area contributed by atoms with E-state index in [4.69, 9.17) is 4.74 Å². The van der Waals surface area contributed by atoms with Crippen LogP contribution in [0, 0.1) is 18.8 Å². The zero-order valence-corrected chi connectivity index (χ0v) is 15.8. The number of nitrogens with zero attached hydrogens (tertiary/aromatic N) is 7. The van der Waals surface area contributed by atoms with Gasteiger partial charge in [0.1, 0.15) is 11.4 Å². The van der Waals surface area contributed by atoms with Gasteiger partial charge in [-0.3, -0.25) is 4.79 Å². The van der Waals surface area contributed by atoms with Crippen LogP contribution in [0.2, 0.25) is 0 Å². The van der Waals surface area contributed by atoms with Gasteiger partial charge in [0.2, 0.25) is 5.88 Å². The van der Waals surface area contributed by atoms with E-state index in [1.54, 1.807) is 22.8 Å². The van der Waals surface area contributed by atoms with Crippen molar-refractivity contribution in [2.75, 3.05) is 38.2 Å². The highest BCUT2D eigenvalue weighted by Crippen LogP contribution is 2.34. The minimum Gasteiger partial charge on any atom is -0.480 e. The van der Waals surface area contributed by atoms with Gasteiger partial charge in [-0.15, -0.1) is 15.3 Å². The lowest BCUT2D eigenvalue weighted by molar-refractivity contribution is 0.0778. The molecule has 0 aromatic carbocycles. The first-order valence-electron chi connectivity index (χ1n) is 9.36. The molecule has 5 heterocycles. The average Bonchev–Trinajstić information content (AvgIpc) is 3.40. The lowest BCUT2D eigenvalue weighted by Gasteiger charge is -2.22. The molecule has 5 rings (SSSR count). The van der Waals surface area contributed by atoms with Crippen molar-refractivity contribution in [2.24, 2.45) is 11.8 Å². The van der Waals surface area contributed by atoms with Gasteiger partial charge in [0, 0.05) is 44.2 Å². The third-order valence-corrected chi connectivity index (χ3v) is 5.70. The molecular weight excluding hydrogens is 358 g/mol. The molecule has 0 radical (unpaired) electrons. The molecule has 0 saturated carbocycles. The molecule has 2 saturated heterocycles. The summed E-state index contributed by atoms with van der Waals surface area (Å²) >= 11 is 0. The van der Waals surface area contributed by atoms with E-state index in [1.165, 1.54) is 7.11 Å². The van der Waals surface area contributed by atoms with E-state index in [2.05, 4.69) is 25.2 Å². The van der Waals surface area contributed by atoms with E-state index in [0.717, 1.165) is 43.5 Å². The van der Waals surface area contributed by atoms with Crippen molar-refractivity contribution >= 4 is 17.4 Å². The largest absolute Gasteiger partial charge is 0.480 e. The smallest absolute Gasteiger partial charge is 0.259 e. The van der Waals surface area contributed by atoms with Crippen LogP contribution in [-0.2, 0) is 0 Å². The predicted molar refractivity (Wildman–Crippen MR) is 101 cm³/mol. The minimum absolute atomic E-state index is 0.00874. The molecule has 144 valence electrons. The molecule has 1 amide bonds. The lowest BCUT2D eigenvalue weighted by Crippen LogP contribution is -2.33. The van der Waals surface area contributed by atoms with Gasteiger partial charge in [-0.25, -0.2) is 4.98 Å². The van der Waals surface area contributed by atoms with Gasteiger partial charge in [-0.1, -0.05) is 0 Å². The summed E-state index contributed by atoms with van der Waals surface area (Å²) in [6.07, 6.45) is 1.63. The molecule has 0 bridgehead atoms. The summed E-state index contributed by atoms with van der Waals surface area (Å²) in [6, 6.07) is 7.48. The molecule has 2 aliphatic heterocycles. The Balaban J connectivity index is 1.30. The average molecular weight is 379 g/mol. The Kier molecular flexibility index (Phi) is 3.88. The Labute approximate surface area is 161 Å². The number of likely N-dealkylation sites (tertiary alicyclic amines) is 1. The number of carbonyl (C=O) groups excluding carboxylic acids is 1. The topological polar surface area (TPSA) is 88.8 Å². The normalized spacial score (nSPS) is 21.4.